The highest BCUT2D eigenvalue weighted by atomic mass is 35.5. The van der Waals surface area contributed by atoms with Crippen molar-refractivity contribution >= 4 is 40.7 Å². The van der Waals surface area contributed by atoms with Gasteiger partial charge in [-0.25, -0.2) is 0 Å². The summed E-state index contributed by atoms with van der Waals surface area (Å²) in [6.45, 7) is 5.58. The molecule has 0 bridgehead atoms. The van der Waals surface area contributed by atoms with Crippen LogP contribution in [0, 0.1) is 0 Å². The summed E-state index contributed by atoms with van der Waals surface area (Å²) >= 11 is 6.21. The second kappa shape index (κ2) is 10.9. The SMILES string of the molecule is Cl.Clc1ccc(-c2cn3c4ccccc4n(CCN4CCOCC4)c3c2-c2ccccc2)cc1.O. The first-order chi connectivity index (χ1) is 16.3. The third-order valence-electron chi connectivity index (χ3n) is 6.63. The van der Waals surface area contributed by atoms with Crippen molar-refractivity contribution in [2.75, 3.05) is 32.8 Å². The molecule has 2 N–H and O–H groups in total. The Hall–Kier alpha value is -2.80. The Morgan fingerprint density at radius 3 is 2.11 bits per heavy atom. The van der Waals surface area contributed by atoms with Crippen LogP contribution in [0.4, 0.5) is 0 Å². The predicted octanol–water partition coefficient (Wildman–Crippen LogP) is 5.81. The van der Waals surface area contributed by atoms with Crippen molar-refractivity contribution in [3.05, 3.63) is 90.1 Å². The Labute approximate surface area is 216 Å². The third-order valence-corrected chi connectivity index (χ3v) is 6.88. The Kier molecular flexibility index (Phi) is 7.85. The number of hydrogen-bond acceptors (Lipinski definition) is 2. The zero-order valence-corrected chi connectivity index (χ0v) is 20.9. The van der Waals surface area contributed by atoms with Crippen LogP contribution in [0.3, 0.4) is 0 Å². The van der Waals surface area contributed by atoms with Gasteiger partial charge in [0.15, 0.2) is 0 Å². The van der Waals surface area contributed by atoms with E-state index < -0.39 is 0 Å². The molecule has 7 heteroatoms. The van der Waals surface area contributed by atoms with Gasteiger partial charge >= 0.3 is 0 Å². The lowest BCUT2D eigenvalue weighted by Crippen LogP contribution is -2.38. The molecule has 5 aromatic rings. The first-order valence-electron chi connectivity index (χ1n) is 11.5. The molecule has 1 aliphatic heterocycles. The minimum Gasteiger partial charge on any atom is -0.412 e. The number of halogens is 2. The third kappa shape index (κ3) is 4.70. The molecular formula is C28H29Cl2N3O2. The molecule has 5 nitrogen and oxygen atoms in total. The summed E-state index contributed by atoms with van der Waals surface area (Å²) in [5, 5.41) is 0.754. The molecule has 35 heavy (non-hydrogen) atoms. The van der Waals surface area contributed by atoms with Crippen LogP contribution in [0.2, 0.25) is 5.02 Å². The van der Waals surface area contributed by atoms with Crippen molar-refractivity contribution in [1.29, 1.82) is 0 Å². The summed E-state index contributed by atoms with van der Waals surface area (Å²) in [5.41, 5.74) is 8.61. The second-order valence-electron chi connectivity index (χ2n) is 8.58. The van der Waals surface area contributed by atoms with Crippen LogP contribution in [0.15, 0.2) is 85.1 Å². The number of hydrogen-bond donors (Lipinski definition) is 0. The number of aromatic nitrogens is 2. The summed E-state index contributed by atoms with van der Waals surface area (Å²) < 4.78 is 10.4. The van der Waals surface area contributed by atoms with Gasteiger partial charge in [0.25, 0.3) is 0 Å². The molecule has 3 heterocycles. The highest BCUT2D eigenvalue weighted by molar-refractivity contribution is 6.30. The fourth-order valence-corrected chi connectivity index (χ4v) is 5.11. The van der Waals surface area contributed by atoms with Crippen molar-refractivity contribution in [1.82, 2.24) is 13.9 Å². The van der Waals surface area contributed by atoms with Crippen LogP contribution in [0.25, 0.3) is 38.9 Å². The van der Waals surface area contributed by atoms with Gasteiger partial charge < -0.3 is 14.8 Å². The Balaban J connectivity index is 0.00000144. The lowest BCUT2D eigenvalue weighted by Gasteiger charge is -2.26. The van der Waals surface area contributed by atoms with Gasteiger partial charge in [0.2, 0.25) is 0 Å². The number of ether oxygens (including phenoxy) is 1. The minimum atomic E-state index is 0. The molecule has 0 atom stereocenters. The molecule has 0 spiro atoms. The molecule has 2 aromatic heterocycles. The van der Waals surface area contributed by atoms with E-state index in [2.05, 4.69) is 86.8 Å². The van der Waals surface area contributed by atoms with Crippen LogP contribution in [0.5, 0.6) is 0 Å². The lowest BCUT2D eigenvalue weighted by atomic mass is 9.98. The second-order valence-corrected chi connectivity index (χ2v) is 9.02. The highest BCUT2D eigenvalue weighted by Crippen LogP contribution is 2.40. The highest BCUT2D eigenvalue weighted by Gasteiger charge is 2.22. The molecule has 6 rings (SSSR count). The number of fused-ring (bicyclic) bond motifs is 3. The maximum atomic E-state index is 6.21. The van der Waals surface area contributed by atoms with Crippen molar-refractivity contribution in [3.63, 3.8) is 0 Å². The Bertz CT molecular complexity index is 1410. The molecule has 0 aliphatic carbocycles. The number of imidazole rings is 1. The smallest absolute Gasteiger partial charge is 0.126 e. The van der Waals surface area contributed by atoms with Gasteiger partial charge in [0, 0.05) is 48.5 Å². The van der Waals surface area contributed by atoms with Crippen LogP contribution in [-0.2, 0) is 11.3 Å². The molecular weight excluding hydrogens is 481 g/mol. The zero-order chi connectivity index (χ0) is 22.2. The van der Waals surface area contributed by atoms with E-state index in [-0.39, 0.29) is 17.9 Å². The first kappa shape index (κ1) is 25.3. The van der Waals surface area contributed by atoms with Crippen molar-refractivity contribution in [2.45, 2.75) is 6.54 Å². The lowest BCUT2D eigenvalue weighted by molar-refractivity contribution is 0.0366. The number of rotatable bonds is 5. The normalized spacial score (nSPS) is 14.1. The molecule has 0 radical (unpaired) electrons. The van der Waals surface area contributed by atoms with Crippen molar-refractivity contribution < 1.29 is 10.2 Å². The summed E-state index contributed by atoms with van der Waals surface area (Å²) in [4.78, 5) is 2.50. The summed E-state index contributed by atoms with van der Waals surface area (Å²) in [7, 11) is 0. The van der Waals surface area contributed by atoms with Crippen LogP contribution < -0.4 is 0 Å². The van der Waals surface area contributed by atoms with E-state index in [1.54, 1.807) is 0 Å². The molecule has 0 saturated carbocycles. The molecule has 3 aromatic carbocycles. The fraction of sp³-hybridized carbons (Fsp3) is 0.214. The van der Waals surface area contributed by atoms with E-state index in [0.717, 1.165) is 44.4 Å². The molecule has 0 unspecified atom stereocenters. The number of morpholine rings is 1. The Morgan fingerprint density at radius 2 is 1.40 bits per heavy atom. The number of para-hydroxylation sites is 2. The van der Waals surface area contributed by atoms with Gasteiger partial charge in [-0.1, -0.05) is 66.2 Å². The average molecular weight is 510 g/mol. The van der Waals surface area contributed by atoms with E-state index in [1.165, 1.54) is 38.9 Å². The van der Waals surface area contributed by atoms with Gasteiger partial charge in [-0.05, 0) is 35.4 Å². The zero-order valence-electron chi connectivity index (χ0n) is 19.4. The first-order valence-corrected chi connectivity index (χ1v) is 11.9. The predicted molar refractivity (Wildman–Crippen MR) is 147 cm³/mol. The van der Waals surface area contributed by atoms with E-state index in [9.17, 15) is 0 Å². The monoisotopic (exact) mass is 509 g/mol. The number of benzene rings is 3. The summed E-state index contributed by atoms with van der Waals surface area (Å²) in [5.74, 6) is 0. The van der Waals surface area contributed by atoms with Crippen molar-refractivity contribution in [2.24, 2.45) is 0 Å². The molecule has 0 amide bonds. The maximum absolute atomic E-state index is 6.21. The molecule has 1 aliphatic rings. The molecule has 1 fully saturated rings. The van der Waals surface area contributed by atoms with Gasteiger partial charge in [0.1, 0.15) is 5.65 Å². The van der Waals surface area contributed by atoms with Gasteiger partial charge in [-0.3, -0.25) is 9.30 Å². The van der Waals surface area contributed by atoms with Gasteiger partial charge in [0.05, 0.1) is 24.2 Å². The fourth-order valence-electron chi connectivity index (χ4n) is 4.98. The quantitative estimate of drug-likeness (QED) is 0.300. The summed E-state index contributed by atoms with van der Waals surface area (Å²) in [6, 6.07) is 27.6. The Morgan fingerprint density at radius 1 is 0.743 bits per heavy atom. The topological polar surface area (TPSA) is 53.3 Å². The summed E-state index contributed by atoms with van der Waals surface area (Å²) in [6.07, 6.45) is 2.29. The van der Waals surface area contributed by atoms with E-state index in [0.29, 0.717) is 0 Å². The van der Waals surface area contributed by atoms with Crippen LogP contribution >= 0.6 is 24.0 Å². The standard InChI is InChI=1S/C28H26ClN3O.ClH.H2O/c29-23-12-10-21(11-13-23)24-20-32-26-9-5-4-8-25(26)31(15-14-30-16-18-33-19-17-30)28(32)27(24)22-6-2-1-3-7-22;;/h1-13,20H,14-19H2;1H;1H2. The van der Waals surface area contributed by atoms with E-state index in [1.807, 2.05) is 12.1 Å². The van der Waals surface area contributed by atoms with E-state index >= 15 is 0 Å². The average Bonchev–Trinajstić information content (AvgIpc) is 3.40. The van der Waals surface area contributed by atoms with Crippen LogP contribution in [-0.4, -0.2) is 52.2 Å². The van der Waals surface area contributed by atoms with E-state index in [4.69, 9.17) is 16.3 Å². The molecule has 1 saturated heterocycles. The van der Waals surface area contributed by atoms with Crippen LogP contribution in [0.1, 0.15) is 0 Å². The molecule has 182 valence electrons. The largest absolute Gasteiger partial charge is 0.412 e. The number of nitrogens with zero attached hydrogens (tertiary/aromatic N) is 3. The minimum absolute atomic E-state index is 0. The van der Waals surface area contributed by atoms with Gasteiger partial charge in [-0.15, -0.1) is 12.4 Å². The maximum Gasteiger partial charge on any atom is 0.126 e. The van der Waals surface area contributed by atoms with Crippen molar-refractivity contribution in [3.8, 4) is 22.3 Å². The van der Waals surface area contributed by atoms with Gasteiger partial charge in [-0.2, -0.15) is 0 Å².